The molecule has 1 unspecified atom stereocenters. The molecule has 1 aliphatic heterocycles. The second-order valence-corrected chi connectivity index (χ2v) is 6.93. The molecule has 6 heteroatoms. The number of benzene rings is 1. The number of carbonyl (C=O) groups excluding carboxylic acids is 1. The van der Waals surface area contributed by atoms with E-state index < -0.39 is 0 Å². The highest BCUT2D eigenvalue weighted by Crippen LogP contribution is 2.25. The maximum Gasteiger partial charge on any atom is 0.321 e. The summed E-state index contributed by atoms with van der Waals surface area (Å²) < 4.78 is 6.72. The van der Waals surface area contributed by atoms with Gasteiger partial charge in [-0.15, -0.1) is 0 Å². The summed E-state index contributed by atoms with van der Waals surface area (Å²) in [6.07, 6.45) is 2.45. The van der Waals surface area contributed by atoms with Crippen LogP contribution in [0.5, 0.6) is 5.88 Å². The molecule has 0 spiro atoms. The molecule has 1 atom stereocenters. The number of anilines is 1. The van der Waals surface area contributed by atoms with Crippen LogP contribution >= 0.6 is 15.9 Å². The molecule has 0 radical (unpaired) electrons. The van der Waals surface area contributed by atoms with Gasteiger partial charge in [-0.25, -0.2) is 9.78 Å². The van der Waals surface area contributed by atoms with Gasteiger partial charge in [0.05, 0.1) is 11.0 Å². The van der Waals surface area contributed by atoms with E-state index in [0.29, 0.717) is 19.0 Å². The van der Waals surface area contributed by atoms with Gasteiger partial charge in [0.15, 0.2) is 0 Å². The van der Waals surface area contributed by atoms with Crippen LogP contribution in [0.3, 0.4) is 0 Å². The van der Waals surface area contributed by atoms with E-state index >= 15 is 0 Å². The highest BCUT2D eigenvalue weighted by molar-refractivity contribution is 9.10. The molecule has 0 bridgehead atoms. The van der Waals surface area contributed by atoms with E-state index in [1.54, 1.807) is 11.1 Å². The van der Waals surface area contributed by atoms with Crippen LogP contribution in [0, 0.1) is 13.8 Å². The number of aryl methyl sites for hydroxylation is 2. The number of urea groups is 1. The molecule has 1 saturated heterocycles. The first-order valence-corrected chi connectivity index (χ1v) is 8.72. The third kappa shape index (κ3) is 4.06. The van der Waals surface area contributed by atoms with Crippen molar-refractivity contribution in [3.63, 3.8) is 0 Å². The van der Waals surface area contributed by atoms with E-state index in [1.807, 2.05) is 38.1 Å². The van der Waals surface area contributed by atoms with Crippen molar-refractivity contribution in [1.29, 1.82) is 0 Å². The van der Waals surface area contributed by atoms with Gasteiger partial charge in [0.25, 0.3) is 0 Å². The number of nitrogens with one attached hydrogen (secondary N) is 1. The zero-order valence-corrected chi connectivity index (χ0v) is 15.3. The summed E-state index contributed by atoms with van der Waals surface area (Å²) in [5.41, 5.74) is 3.09. The van der Waals surface area contributed by atoms with Gasteiger partial charge in [-0.3, -0.25) is 0 Å². The number of likely N-dealkylation sites (tertiary alicyclic amines) is 1. The largest absolute Gasteiger partial charge is 0.472 e. The molecule has 2 amide bonds. The lowest BCUT2D eigenvalue weighted by Crippen LogP contribution is -2.34. The fourth-order valence-corrected chi connectivity index (χ4v) is 3.22. The van der Waals surface area contributed by atoms with E-state index in [-0.39, 0.29) is 12.1 Å². The molecular weight excluding hydrogens is 370 g/mol. The molecule has 2 heterocycles. The minimum Gasteiger partial charge on any atom is -0.472 e. The SMILES string of the molecule is Cc1cc(C)cc(NC(=O)N2CCC(Oc3ncccc3Br)C2)c1. The lowest BCUT2D eigenvalue weighted by Gasteiger charge is -2.18. The molecular formula is C18H20BrN3O2. The first kappa shape index (κ1) is 16.8. The topological polar surface area (TPSA) is 54.5 Å². The molecule has 1 N–H and O–H groups in total. The third-order valence-corrected chi connectivity index (χ3v) is 4.51. The van der Waals surface area contributed by atoms with Crippen LogP contribution in [0.4, 0.5) is 10.5 Å². The average Bonchev–Trinajstić information content (AvgIpc) is 2.97. The maximum absolute atomic E-state index is 12.4. The number of amides is 2. The molecule has 1 aromatic heterocycles. The van der Waals surface area contributed by atoms with Gasteiger partial charge in [-0.05, 0) is 65.2 Å². The van der Waals surface area contributed by atoms with Crippen LogP contribution in [-0.4, -0.2) is 35.1 Å². The number of rotatable bonds is 3. The van der Waals surface area contributed by atoms with Crippen molar-refractivity contribution in [3.05, 3.63) is 52.1 Å². The summed E-state index contributed by atoms with van der Waals surface area (Å²) in [5.74, 6) is 0.569. The van der Waals surface area contributed by atoms with E-state index in [9.17, 15) is 4.79 Å². The Bertz CT molecular complexity index is 731. The third-order valence-electron chi connectivity index (χ3n) is 3.91. The number of ether oxygens (including phenoxy) is 1. The minimum absolute atomic E-state index is 0.0406. The Kier molecular flexibility index (Phi) is 5.04. The van der Waals surface area contributed by atoms with Gasteiger partial charge in [-0.1, -0.05) is 6.07 Å². The van der Waals surface area contributed by atoms with Crippen molar-refractivity contribution in [2.24, 2.45) is 0 Å². The standard InChI is InChI=1S/C18H20BrN3O2/c1-12-8-13(2)10-14(9-12)21-18(23)22-7-5-15(11-22)24-17-16(19)4-3-6-20-17/h3-4,6,8-10,15H,5,7,11H2,1-2H3,(H,21,23). The van der Waals surface area contributed by atoms with Crippen molar-refractivity contribution in [2.75, 3.05) is 18.4 Å². The van der Waals surface area contributed by atoms with Crippen molar-refractivity contribution in [2.45, 2.75) is 26.4 Å². The van der Waals surface area contributed by atoms with Crippen molar-refractivity contribution < 1.29 is 9.53 Å². The quantitative estimate of drug-likeness (QED) is 0.857. The molecule has 1 aliphatic rings. The number of carbonyl (C=O) groups is 1. The van der Waals surface area contributed by atoms with Crippen LogP contribution in [-0.2, 0) is 0 Å². The highest BCUT2D eigenvalue weighted by Gasteiger charge is 2.28. The fourth-order valence-electron chi connectivity index (χ4n) is 2.87. The van der Waals surface area contributed by atoms with E-state index in [4.69, 9.17) is 4.74 Å². The second kappa shape index (κ2) is 7.21. The predicted octanol–water partition coefficient (Wildman–Crippen LogP) is 4.15. The normalized spacial score (nSPS) is 17.0. The van der Waals surface area contributed by atoms with E-state index in [0.717, 1.165) is 27.7 Å². The molecule has 1 aromatic carbocycles. The monoisotopic (exact) mass is 389 g/mol. The zero-order valence-electron chi connectivity index (χ0n) is 13.8. The number of hydrogen-bond acceptors (Lipinski definition) is 3. The van der Waals surface area contributed by atoms with Crippen LogP contribution in [0.1, 0.15) is 17.5 Å². The average molecular weight is 390 g/mol. The maximum atomic E-state index is 12.4. The summed E-state index contributed by atoms with van der Waals surface area (Å²) >= 11 is 3.42. The van der Waals surface area contributed by atoms with Crippen LogP contribution < -0.4 is 10.1 Å². The summed E-state index contributed by atoms with van der Waals surface area (Å²) in [4.78, 5) is 18.4. The fraction of sp³-hybridized carbons (Fsp3) is 0.333. The Hall–Kier alpha value is -2.08. The van der Waals surface area contributed by atoms with E-state index in [2.05, 4.69) is 32.3 Å². The molecule has 24 heavy (non-hydrogen) atoms. The number of halogens is 1. The lowest BCUT2D eigenvalue weighted by molar-refractivity contribution is 0.189. The Morgan fingerprint density at radius 3 is 2.79 bits per heavy atom. The van der Waals surface area contributed by atoms with Crippen LogP contribution in [0.25, 0.3) is 0 Å². The number of hydrogen-bond donors (Lipinski definition) is 1. The Labute approximate surface area is 150 Å². The summed E-state index contributed by atoms with van der Waals surface area (Å²) in [6.45, 7) is 5.27. The molecule has 126 valence electrons. The molecule has 3 rings (SSSR count). The summed E-state index contributed by atoms with van der Waals surface area (Å²) in [5, 5.41) is 2.97. The van der Waals surface area contributed by atoms with Gasteiger partial charge in [0, 0.05) is 24.8 Å². The van der Waals surface area contributed by atoms with Crippen LogP contribution in [0.15, 0.2) is 41.0 Å². The molecule has 5 nitrogen and oxygen atoms in total. The van der Waals surface area contributed by atoms with Gasteiger partial charge < -0.3 is 15.0 Å². The Morgan fingerprint density at radius 1 is 1.33 bits per heavy atom. The second-order valence-electron chi connectivity index (χ2n) is 6.07. The van der Waals surface area contributed by atoms with Gasteiger partial charge >= 0.3 is 6.03 Å². The predicted molar refractivity (Wildman–Crippen MR) is 97.5 cm³/mol. The van der Waals surface area contributed by atoms with E-state index in [1.165, 1.54) is 0 Å². The lowest BCUT2D eigenvalue weighted by atomic mass is 10.1. The molecule has 0 aliphatic carbocycles. The first-order chi connectivity index (χ1) is 11.5. The number of nitrogens with zero attached hydrogens (tertiary/aromatic N) is 2. The molecule has 1 fully saturated rings. The zero-order chi connectivity index (χ0) is 17.1. The highest BCUT2D eigenvalue weighted by atomic mass is 79.9. The van der Waals surface area contributed by atoms with Gasteiger partial charge in [-0.2, -0.15) is 0 Å². The van der Waals surface area contributed by atoms with Crippen molar-refractivity contribution in [3.8, 4) is 5.88 Å². The van der Waals surface area contributed by atoms with Gasteiger partial charge in [0.1, 0.15) is 6.10 Å². The minimum atomic E-state index is -0.0915. The first-order valence-electron chi connectivity index (χ1n) is 7.92. The summed E-state index contributed by atoms with van der Waals surface area (Å²) in [6, 6.07) is 9.67. The Morgan fingerprint density at radius 2 is 2.08 bits per heavy atom. The van der Waals surface area contributed by atoms with Crippen molar-refractivity contribution in [1.82, 2.24) is 9.88 Å². The number of pyridine rings is 1. The number of aromatic nitrogens is 1. The van der Waals surface area contributed by atoms with Crippen LogP contribution in [0.2, 0.25) is 0 Å². The van der Waals surface area contributed by atoms with Crippen molar-refractivity contribution >= 4 is 27.6 Å². The van der Waals surface area contributed by atoms with Gasteiger partial charge in [0.2, 0.25) is 5.88 Å². The summed E-state index contributed by atoms with van der Waals surface area (Å²) in [7, 11) is 0. The molecule has 0 saturated carbocycles. The molecule has 2 aromatic rings. The smallest absolute Gasteiger partial charge is 0.321 e. The Balaban J connectivity index is 1.59.